The van der Waals surface area contributed by atoms with Gasteiger partial charge in [-0.2, -0.15) is 8.78 Å². The molecule has 0 aliphatic rings. The molecule has 0 bridgehead atoms. The molecule has 0 rings (SSSR count). The van der Waals surface area contributed by atoms with Crippen molar-refractivity contribution in [1.82, 2.24) is 5.32 Å². The van der Waals surface area contributed by atoms with E-state index >= 15 is 0 Å². The molecule has 0 aromatic rings. The van der Waals surface area contributed by atoms with Gasteiger partial charge in [-0.15, -0.1) is 0 Å². The van der Waals surface area contributed by atoms with Gasteiger partial charge in [-0.05, 0) is 5.92 Å². The van der Waals surface area contributed by atoms with Crippen LogP contribution in [0.4, 0.5) is 8.78 Å². The number of alkyl halides is 3. The Morgan fingerprint density at radius 2 is 1.87 bits per heavy atom. The van der Waals surface area contributed by atoms with Crippen molar-refractivity contribution in [2.75, 3.05) is 11.9 Å². The molecule has 0 aliphatic heterocycles. The highest BCUT2D eigenvalue weighted by Gasteiger charge is 2.23. The maximum absolute atomic E-state index is 11.9. The number of nitrogens with one attached hydrogen (secondary N) is 1. The Morgan fingerprint density at radius 1 is 1.33 bits per heavy atom. The Labute approximate surface area is 95.7 Å². The van der Waals surface area contributed by atoms with Crippen LogP contribution in [-0.2, 0) is 9.59 Å². The Morgan fingerprint density at radius 3 is 2.20 bits per heavy atom. The SMILES string of the molecule is CC(C)C(CNC(=O)C(F)F)C(=O)CBr. The molecule has 0 saturated carbocycles. The Balaban J connectivity index is 4.20. The van der Waals surface area contributed by atoms with Gasteiger partial charge in [-0.25, -0.2) is 0 Å². The summed E-state index contributed by atoms with van der Waals surface area (Å²) >= 11 is 3.01. The predicted molar refractivity (Wildman–Crippen MR) is 56.1 cm³/mol. The van der Waals surface area contributed by atoms with Gasteiger partial charge in [0.05, 0.1) is 5.33 Å². The predicted octanol–water partition coefficient (Wildman–Crippen LogP) is 1.60. The summed E-state index contributed by atoms with van der Waals surface area (Å²) in [6, 6.07) is 0. The first-order chi connectivity index (χ1) is 6.90. The van der Waals surface area contributed by atoms with E-state index in [1.54, 1.807) is 13.8 Å². The highest BCUT2D eigenvalue weighted by Crippen LogP contribution is 2.12. The summed E-state index contributed by atoms with van der Waals surface area (Å²) in [7, 11) is 0. The minimum atomic E-state index is -3.03. The van der Waals surface area contributed by atoms with Crippen molar-refractivity contribution in [3.63, 3.8) is 0 Å². The fourth-order valence-electron chi connectivity index (χ4n) is 1.11. The van der Waals surface area contributed by atoms with E-state index in [1.165, 1.54) is 0 Å². The van der Waals surface area contributed by atoms with Crippen LogP contribution >= 0.6 is 15.9 Å². The summed E-state index contributed by atoms with van der Waals surface area (Å²) in [4.78, 5) is 21.9. The van der Waals surface area contributed by atoms with Gasteiger partial charge in [-0.3, -0.25) is 9.59 Å². The maximum Gasteiger partial charge on any atom is 0.315 e. The van der Waals surface area contributed by atoms with Crippen LogP contribution in [0.25, 0.3) is 0 Å². The molecule has 0 aliphatic carbocycles. The molecule has 88 valence electrons. The Bertz CT molecular complexity index is 234. The zero-order valence-corrected chi connectivity index (χ0v) is 10.2. The summed E-state index contributed by atoms with van der Waals surface area (Å²) in [6.45, 7) is 3.57. The van der Waals surface area contributed by atoms with Gasteiger partial charge in [0.2, 0.25) is 0 Å². The molecule has 1 atom stereocenters. The highest BCUT2D eigenvalue weighted by atomic mass is 79.9. The minimum Gasteiger partial charge on any atom is -0.350 e. The third-order valence-corrected chi connectivity index (χ3v) is 2.60. The standard InChI is InChI=1S/C9H14BrF2NO2/c1-5(2)6(7(14)3-10)4-13-9(15)8(11)12/h5-6,8H,3-4H2,1-2H3,(H,13,15). The Hall–Kier alpha value is -0.520. The van der Waals surface area contributed by atoms with Gasteiger partial charge >= 0.3 is 6.43 Å². The molecule has 1 amide bonds. The van der Waals surface area contributed by atoms with Gasteiger partial charge in [0.25, 0.3) is 5.91 Å². The van der Waals surface area contributed by atoms with Crippen molar-refractivity contribution >= 4 is 27.6 Å². The Kier molecular flexibility index (Phi) is 6.63. The molecule has 3 nitrogen and oxygen atoms in total. The first kappa shape index (κ1) is 14.5. The number of hydrogen-bond acceptors (Lipinski definition) is 2. The van der Waals surface area contributed by atoms with E-state index in [0.29, 0.717) is 0 Å². The molecular weight excluding hydrogens is 272 g/mol. The first-order valence-corrected chi connectivity index (χ1v) is 5.66. The van der Waals surface area contributed by atoms with E-state index in [4.69, 9.17) is 0 Å². The lowest BCUT2D eigenvalue weighted by Crippen LogP contribution is -2.38. The van der Waals surface area contributed by atoms with Gasteiger partial charge in [0.1, 0.15) is 5.78 Å². The minimum absolute atomic E-state index is 0.00743. The van der Waals surface area contributed by atoms with E-state index in [-0.39, 0.29) is 23.6 Å². The van der Waals surface area contributed by atoms with Crippen molar-refractivity contribution < 1.29 is 18.4 Å². The van der Waals surface area contributed by atoms with Crippen LogP contribution in [0.5, 0.6) is 0 Å². The molecule has 0 saturated heterocycles. The normalized spacial score (nSPS) is 13.0. The molecule has 0 radical (unpaired) electrons. The smallest absolute Gasteiger partial charge is 0.315 e. The lowest BCUT2D eigenvalue weighted by atomic mass is 9.92. The molecule has 0 aromatic carbocycles. The highest BCUT2D eigenvalue weighted by molar-refractivity contribution is 9.09. The first-order valence-electron chi connectivity index (χ1n) is 4.54. The second-order valence-corrected chi connectivity index (χ2v) is 4.06. The quantitative estimate of drug-likeness (QED) is 0.754. The second kappa shape index (κ2) is 6.87. The van der Waals surface area contributed by atoms with E-state index in [0.717, 1.165) is 0 Å². The number of Topliss-reactive ketones (excluding diaryl/α,β-unsaturated/α-hetero) is 1. The topological polar surface area (TPSA) is 46.2 Å². The van der Waals surface area contributed by atoms with E-state index in [1.807, 2.05) is 5.32 Å². The fraction of sp³-hybridized carbons (Fsp3) is 0.778. The summed E-state index contributed by atoms with van der Waals surface area (Å²) < 4.78 is 23.7. The van der Waals surface area contributed by atoms with Crippen molar-refractivity contribution in [2.24, 2.45) is 11.8 Å². The van der Waals surface area contributed by atoms with Crippen molar-refractivity contribution in [3.05, 3.63) is 0 Å². The monoisotopic (exact) mass is 285 g/mol. The molecule has 0 fully saturated rings. The van der Waals surface area contributed by atoms with Crippen LogP contribution < -0.4 is 5.32 Å². The van der Waals surface area contributed by atoms with Crippen LogP contribution in [0, 0.1) is 11.8 Å². The summed E-state index contributed by atoms with van der Waals surface area (Å²) in [5, 5.41) is 2.22. The molecular formula is C9H14BrF2NO2. The van der Waals surface area contributed by atoms with Crippen LogP contribution in [0.1, 0.15) is 13.8 Å². The lowest BCUT2D eigenvalue weighted by molar-refractivity contribution is -0.132. The average Bonchev–Trinajstić information content (AvgIpc) is 2.16. The third-order valence-electron chi connectivity index (χ3n) is 2.04. The van der Waals surface area contributed by atoms with Crippen molar-refractivity contribution in [1.29, 1.82) is 0 Å². The van der Waals surface area contributed by atoms with Crippen LogP contribution in [-0.4, -0.2) is 30.0 Å². The van der Waals surface area contributed by atoms with Crippen LogP contribution in [0.2, 0.25) is 0 Å². The summed E-state index contributed by atoms with van der Waals surface area (Å²) in [5.41, 5.74) is 0. The number of ketones is 1. The van der Waals surface area contributed by atoms with Gasteiger partial charge in [0, 0.05) is 12.5 Å². The summed E-state index contributed by atoms with van der Waals surface area (Å²) in [6.07, 6.45) is -3.03. The zero-order valence-electron chi connectivity index (χ0n) is 8.60. The largest absolute Gasteiger partial charge is 0.350 e. The number of rotatable bonds is 6. The van der Waals surface area contributed by atoms with Crippen LogP contribution in [0.3, 0.4) is 0 Å². The fourth-order valence-corrected chi connectivity index (χ4v) is 1.52. The number of carbonyl (C=O) groups excluding carboxylic acids is 2. The number of amides is 1. The van der Waals surface area contributed by atoms with Gasteiger partial charge in [-0.1, -0.05) is 29.8 Å². The van der Waals surface area contributed by atoms with E-state index in [2.05, 4.69) is 15.9 Å². The van der Waals surface area contributed by atoms with Gasteiger partial charge < -0.3 is 5.32 Å². The number of carbonyl (C=O) groups is 2. The molecule has 1 N–H and O–H groups in total. The van der Waals surface area contributed by atoms with Crippen molar-refractivity contribution in [3.8, 4) is 0 Å². The maximum atomic E-state index is 11.9. The van der Waals surface area contributed by atoms with E-state index in [9.17, 15) is 18.4 Å². The molecule has 0 aromatic heterocycles. The average molecular weight is 286 g/mol. The second-order valence-electron chi connectivity index (χ2n) is 3.50. The molecule has 6 heteroatoms. The number of halogens is 3. The number of hydrogen-bond donors (Lipinski definition) is 1. The molecule has 15 heavy (non-hydrogen) atoms. The van der Waals surface area contributed by atoms with Crippen molar-refractivity contribution in [2.45, 2.75) is 20.3 Å². The summed E-state index contributed by atoms with van der Waals surface area (Å²) in [5.74, 6) is -1.84. The lowest BCUT2D eigenvalue weighted by Gasteiger charge is -2.18. The molecule has 1 unspecified atom stereocenters. The van der Waals surface area contributed by atoms with Crippen LogP contribution in [0.15, 0.2) is 0 Å². The third kappa shape index (κ3) is 5.20. The zero-order chi connectivity index (χ0) is 12.0. The molecule has 0 spiro atoms. The molecule has 0 heterocycles. The van der Waals surface area contributed by atoms with Gasteiger partial charge in [0.15, 0.2) is 0 Å². The van der Waals surface area contributed by atoms with E-state index < -0.39 is 18.3 Å².